The van der Waals surface area contributed by atoms with Crippen molar-refractivity contribution in [3.05, 3.63) is 83.4 Å². The summed E-state index contributed by atoms with van der Waals surface area (Å²) in [4.78, 5) is 2.13. The van der Waals surface area contributed by atoms with E-state index in [0.717, 1.165) is 5.56 Å². The van der Waals surface area contributed by atoms with Crippen LogP contribution in [0.3, 0.4) is 0 Å². The van der Waals surface area contributed by atoms with Crippen molar-refractivity contribution in [1.29, 1.82) is 0 Å². The lowest BCUT2D eigenvalue weighted by Crippen LogP contribution is -2.19. The minimum Gasteiger partial charge on any atom is -0.497 e. The minimum absolute atomic E-state index is 0.0737. The van der Waals surface area contributed by atoms with Gasteiger partial charge in [0.25, 0.3) is 10.0 Å². The summed E-state index contributed by atoms with van der Waals surface area (Å²) >= 11 is 0. The first-order valence-corrected chi connectivity index (χ1v) is 11.0. The molecule has 1 N–H and O–H groups in total. The van der Waals surface area contributed by atoms with Crippen LogP contribution in [-0.2, 0) is 16.6 Å². The maximum absolute atomic E-state index is 12.7. The number of nitrogens with zero attached hydrogens (tertiary/aromatic N) is 1. The van der Waals surface area contributed by atoms with E-state index in [9.17, 15) is 8.42 Å². The van der Waals surface area contributed by atoms with Gasteiger partial charge in [0.05, 0.1) is 20.4 Å². The molecule has 0 spiro atoms. The molecule has 0 aliphatic rings. The fourth-order valence-corrected chi connectivity index (χ4v) is 3.75. The van der Waals surface area contributed by atoms with Crippen LogP contribution < -0.4 is 19.0 Å². The number of hydrogen-bond donors (Lipinski definition) is 1. The van der Waals surface area contributed by atoms with E-state index < -0.39 is 10.0 Å². The second-order valence-corrected chi connectivity index (χ2v) is 8.31. The highest BCUT2D eigenvalue weighted by atomic mass is 32.2. The molecule has 0 bridgehead atoms. The average molecular weight is 441 g/mol. The van der Waals surface area contributed by atoms with Crippen molar-refractivity contribution in [2.24, 2.45) is 5.10 Å². The molecule has 0 saturated heterocycles. The first-order chi connectivity index (χ1) is 14.9. The summed E-state index contributed by atoms with van der Waals surface area (Å²) in [5.41, 5.74) is 2.84. The maximum Gasteiger partial charge on any atom is 0.280 e. The van der Waals surface area contributed by atoms with E-state index in [2.05, 4.69) is 9.93 Å². The van der Waals surface area contributed by atoms with Crippen LogP contribution in [0.2, 0.25) is 0 Å². The molecule has 7 nitrogen and oxygen atoms in total. The molecule has 0 unspecified atom stereocenters. The lowest BCUT2D eigenvalue weighted by Gasteiger charge is -2.11. The molecule has 0 atom stereocenters. The second kappa shape index (κ2) is 9.99. The number of methoxy groups -OCH3 is 2. The molecular formula is C23H24N2O5S. The van der Waals surface area contributed by atoms with Gasteiger partial charge in [-0.15, -0.1) is 0 Å². The van der Waals surface area contributed by atoms with Gasteiger partial charge in [-0.3, -0.25) is 0 Å². The van der Waals surface area contributed by atoms with Crippen LogP contribution in [-0.4, -0.2) is 28.9 Å². The van der Waals surface area contributed by atoms with Crippen LogP contribution in [0.25, 0.3) is 0 Å². The second-order valence-electron chi connectivity index (χ2n) is 6.68. The summed E-state index contributed by atoms with van der Waals surface area (Å²) in [6.07, 6.45) is 1.40. The van der Waals surface area contributed by atoms with Gasteiger partial charge >= 0.3 is 0 Å². The summed E-state index contributed by atoms with van der Waals surface area (Å²) in [6.45, 7) is 2.41. The van der Waals surface area contributed by atoms with Crippen LogP contribution in [0.5, 0.6) is 17.2 Å². The molecule has 0 fully saturated rings. The van der Waals surface area contributed by atoms with Crippen molar-refractivity contribution < 1.29 is 22.6 Å². The third kappa shape index (κ3) is 5.76. The Labute approximate surface area is 182 Å². The van der Waals surface area contributed by atoms with Gasteiger partial charge in [-0.1, -0.05) is 42.0 Å². The molecule has 3 rings (SSSR count). The SMILES string of the molecule is COc1ccc(OC)c(S(=O)(=O)N/N=C/c2ccccc2OCc2ccc(C)cc2)c1. The Kier molecular flexibility index (Phi) is 7.15. The number of hydrazone groups is 1. The van der Waals surface area contributed by atoms with Crippen LogP contribution in [0.1, 0.15) is 16.7 Å². The van der Waals surface area contributed by atoms with Crippen molar-refractivity contribution >= 4 is 16.2 Å². The standard InChI is InChI=1S/C23H24N2O5S/c1-17-8-10-18(11-9-17)16-30-21-7-5-4-6-19(21)15-24-25-31(26,27)23-14-20(28-2)12-13-22(23)29-3/h4-15,25H,16H2,1-3H3/b24-15+. The molecule has 0 radical (unpaired) electrons. The number of hydrogen-bond acceptors (Lipinski definition) is 6. The van der Waals surface area contributed by atoms with Gasteiger partial charge in [0.1, 0.15) is 28.8 Å². The van der Waals surface area contributed by atoms with E-state index in [4.69, 9.17) is 14.2 Å². The maximum atomic E-state index is 12.7. The fraction of sp³-hybridized carbons (Fsp3) is 0.174. The topological polar surface area (TPSA) is 86.2 Å². The zero-order chi connectivity index (χ0) is 22.3. The van der Waals surface area contributed by atoms with Gasteiger partial charge < -0.3 is 14.2 Å². The summed E-state index contributed by atoms with van der Waals surface area (Å²) in [5.74, 6) is 1.16. The molecule has 0 aliphatic carbocycles. The van der Waals surface area contributed by atoms with Crippen LogP contribution >= 0.6 is 0 Å². The van der Waals surface area contributed by atoms with Gasteiger partial charge in [-0.05, 0) is 36.8 Å². The lowest BCUT2D eigenvalue weighted by molar-refractivity contribution is 0.306. The molecule has 0 amide bonds. The van der Waals surface area contributed by atoms with Gasteiger partial charge in [-0.25, -0.2) is 0 Å². The van der Waals surface area contributed by atoms with E-state index in [1.807, 2.05) is 43.3 Å². The van der Waals surface area contributed by atoms with E-state index in [-0.39, 0.29) is 10.6 Å². The largest absolute Gasteiger partial charge is 0.497 e. The predicted octanol–water partition coefficient (Wildman–Crippen LogP) is 3.90. The fourth-order valence-electron chi connectivity index (χ4n) is 2.77. The Bertz CT molecular complexity index is 1160. The molecule has 0 heterocycles. The number of benzene rings is 3. The first kappa shape index (κ1) is 22.2. The Morgan fingerprint density at radius 3 is 2.39 bits per heavy atom. The number of sulfonamides is 1. The quantitative estimate of drug-likeness (QED) is 0.403. The Morgan fingerprint density at radius 2 is 1.68 bits per heavy atom. The molecule has 31 heavy (non-hydrogen) atoms. The van der Waals surface area contributed by atoms with Gasteiger partial charge in [0.2, 0.25) is 0 Å². The van der Waals surface area contributed by atoms with E-state index in [0.29, 0.717) is 23.7 Å². The molecule has 0 aliphatic heterocycles. The Morgan fingerprint density at radius 1 is 0.935 bits per heavy atom. The summed E-state index contributed by atoms with van der Waals surface area (Å²) in [7, 11) is -1.12. The zero-order valence-electron chi connectivity index (χ0n) is 17.5. The number of para-hydroxylation sites is 1. The van der Waals surface area contributed by atoms with Crippen molar-refractivity contribution in [3.8, 4) is 17.2 Å². The normalized spacial score (nSPS) is 11.3. The van der Waals surface area contributed by atoms with Gasteiger partial charge in [-0.2, -0.15) is 18.4 Å². The molecule has 8 heteroatoms. The molecule has 0 saturated carbocycles. The highest BCUT2D eigenvalue weighted by Crippen LogP contribution is 2.28. The number of rotatable bonds is 9. The van der Waals surface area contributed by atoms with Crippen molar-refractivity contribution in [2.45, 2.75) is 18.4 Å². The third-order valence-corrected chi connectivity index (χ3v) is 5.71. The minimum atomic E-state index is -3.97. The Balaban J connectivity index is 1.74. The van der Waals surface area contributed by atoms with Crippen molar-refractivity contribution in [1.82, 2.24) is 4.83 Å². The van der Waals surface area contributed by atoms with Gasteiger partial charge in [0, 0.05) is 11.6 Å². The first-order valence-electron chi connectivity index (χ1n) is 9.47. The van der Waals surface area contributed by atoms with Crippen LogP contribution in [0.4, 0.5) is 0 Å². The highest BCUT2D eigenvalue weighted by molar-refractivity contribution is 7.89. The highest BCUT2D eigenvalue weighted by Gasteiger charge is 2.20. The van der Waals surface area contributed by atoms with Crippen molar-refractivity contribution in [3.63, 3.8) is 0 Å². The van der Waals surface area contributed by atoms with E-state index >= 15 is 0 Å². The van der Waals surface area contributed by atoms with Crippen LogP contribution in [0.15, 0.2) is 76.7 Å². The summed E-state index contributed by atoms with van der Waals surface area (Å²) in [6, 6.07) is 19.8. The van der Waals surface area contributed by atoms with Crippen molar-refractivity contribution in [2.75, 3.05) is 14.2 Å². The predicted molar refractivity (Wildman–Crippen MR) is 119 cm³/mol. The van der Waals surface area contributed by atoms with E-state index in [1.165, 1.54) is 38.1 Å². The lowest BCUT2D eigenvalue weighted by atomic mass is 10.1. The average Bonchev–Trinajstić information content (AvgIpc) is 2.79. The zero-order valence-corrected chi connectivity index (χ0v) is 18.3. The summed E-state index contributed by atoms with van der Waals surface area (Å²) in [5, 5.41) is 3.91. The third-order valence-electron chi connectivity index (χ3n) is 4.47. The Hall–Kier alpha value is -3.52. The number of ether oxygens (including phenoxy) is 3. The number of nitrogens with one attached hydrogen (secondary N) is 1. The van der Waals surface area contributed by atoms with E-state index in [1.54, 1.807) is 18.2 Å². The number of aryl methyl sites for hydroxylation is 1. The van der Waals surface area contributed by atoms with Crippen LogP contribution in [0, 0.1) is 6.92 Å². The molecule has 0 aromatic heterocycles. The van der Waals surface area contributed by atoms with Gasteiger partial charge in [0.15, 0.2) is 0 Å². The molecule has 162 valence electrons. The monoisotopic (exact) mass is 440 g/mol. The molecular weight excluding hydrogens is 416 g/mol. The summed E-state index contributed by atoms with van der Waals surface area (Å²) < 4.78 is 41.6. The smallest absolute Gasteiger partial charge is 0.280 e. The molecule has 3 aromatic carbocycles. The molecule has 3 aromatic rings.